The molecular weight excluding hydrogens is 220 g/mol. The number of hydrogen-bond donors (Lipinski definition) is 0. The summed E-state index contributed by atoms with van der Waals surface area (Å²) in [5, 5.41) is 4.42. The topological polar surface area (TPSA) is 17.8 Å². The average Bonchev–Trinajstić information content (AvgIpc) is 2.86. The molecule has 1 rings (SSSR count). The monoisotopic (exact) mass is 250 g/mol. The van der Waals surface area contributed by atoms with Crippen molar-refractivity contribution in [2.24, 2.45) is 0 Å². The van der Waals surface area contributed by atoms with Crippen LogP contribution in [0, 0.1) is 0 Å². The van der Waals surface area contributed by atoms with E-state index in [0.717, 1.165) is 12.5 Å². The quantitative estimate of drug-likeness (QED) is 0.525. The molecule has 0 bridgehead atoms. The third-order valence-electron chi connectivity index (χ3n) is 3.76. The Balaban J connectivity index is 2.48. The van der Waals surface area contributed by atoms with E-state index < -0.39 is 0 Å². The minimum Gasteiger partial charge on any atom is -0.273 e. The van der Waals surface area contributed by atoms with E-state index >= 15 is 0 Å². The maximum atomic E-state index is 4.42. The zero-order valence-electron chi connectivity index (χ0n) is 12.5. The van der Waals surface area contributed by atoms with Gasteiger partial charge in [-0.15, -0.1) is 0 Å². The number of rotatable bonds is 10. The maximum absolute atomic E-state index is 4.42. The maximum Gasteiger partial charge on any atom is 0.0524 e. The molecule has 0 fully saturated rings. The Labute approximate surface area is 113 Å². The van der Waals surface area contributed by atoms with Crippen molar-refractivity contribution in [3.8, 4) is 0 Å². The first-order valence-corrected chi connectivity index (χ1v) is 7.84. The van der Waals surface area contributed by atoms with Crippen molar-refractivity contribution in [3.63, 3.8) is 0 Å². The number of unbranched alkanes of at least 4 members (excludes halogenated alkanes) is 4. The first-order valence-electron chi connectivity index (χ1n) is 7.84. The van der Waals surface area contributed by atoms with Crippen LogP contribution >= 0.6 is 0 Å². The molecule has 1 aromatic rings. The summed E-state index contributed by atoms with van der Waals surface area (Å²) in [5.41, 5.74) is 1.46. The van der Waals surface area contributed by atoms with Gasteiger partial charge in [-0.25, -0.2) is 0 Å². The summed E-state index contributed by atoms with van der Waals surface area (Å²) < 4.78 is 2.06. The van der Waals surface area contributed by atoms with Crippen LogP contribution in [-0.2, 0) is 6.54 Å². The van der Waals surface area contributed by atoms with Gasteiger partial charge in [-0.05, 0) is 31.2 Å². The van der Waals surface area contributed by atoms with Crippen molar-refractivity contribution in [3.05, 3.63) is 18.0 Å². The zero-order valence-corrected chi connectivity index (χ0v) is 12.5. The normalized spacial score (nSPS) is 12.8. The molecule has 104 valence electrons. The van der Waals surface area contributed by atoms with Crippen LogP contribution in [0.25, 0.3) is 0 Å². The molecule has 0 radical (unpaired) electrons. The van der Waals surface area contributed by atoms with Gasteiger partial charge in [-0.3, -0.25) is 4.68 Å². The van der Waals surface area contributed by atoms with Gasteiger partial charge in [-0.1, -0.05) is 52.4 Å². The second kappa shape index (κ2) is 9.18. The minimum atomic E-state index is 0.738. The van der Waals surface area contributed by atoms with Gasteiger partial charge in [0.05, 0.1) is 6.20 Å². The highest BCUT2D eigenvalue weighted by atomic mass is 15.3. The lowest BCUT2D eigenvalue weighted by Crippen LogP contribution is -1.99. The molecule has 18 heavy (non-hydrogen) atoms. The van der Waals surface area contributed by atoms with Crippen molar-refractivity contribution in [2.75, 3.05) is 0 Å². The van der Waals surface area contributed by atoms with E-state index in [0.29, 0.717) is 0 Å². The molecule has 0 aromatic carbocycles. The first kappa shape index (κ1) is 15.3. The molecule has 1 unspecified atom stereocenters. The molecule has 0 aliphatic carbocycles. The summed E-state index contributed by atoms with van der Waals surface area (Å²) in [7, 11) is 0. The second-order valence-electron chi connectivity index (χ2n) is 5.32. The third kappa shape index (κ3) is 5.24. The average molecular weight is 250 g/mol. The lowest BCUT2D eigenvalue weighted by Gasteiger charge is -2.14. The summed E-state index contributed by atoms with van der Waals surface area (Å²) in [6.07, 6.45) is 15.1. The van der Waals surface area contributed by atoms with Gasteiger partial charge in [0.1, 0.15) is 0 Å². The van der Waals surface area contributed by atoms with Crippen molar-refractivity contribution >= 4 is 0 Å². The summed E-state index contributed by atoms with van der Waals surface area (Å²) >= 11 is 0. The Morgan fingerprint density at radius 3 is 2.33 bits per heavy atom. The Morgan fingerprint density at radius 2 is 1.72 bits per heavy atom. The zero-order chi connectivity index (χ0) is 13.2. The smallest absolute Gasteiger partial charge is 0.0524 e. The van der Waals surface area contributed by atoms with Gasteiger partial charge >= 0.3 is 0 Å². The van der Waals surface area contributed by atoms with Crippen LogP contribution in [0.3, 0.4) is 0 Å². The summed E-state index contributed by atoms with van der Waals surface area (Å²) in [4.78, 5) is 0. The van der Waals surface area contributed by atoms with Gasteiger partial charge in [0.25, 0.3) is 0 Å². The number of aromatic nitrogens is 2. The highest BCUT2D eigenvalue weighted by Crippen LogP contribution is 2.27. The summed E-state index contributed by atoms with van der Waals surface area (Å²) in [6.45, 7) is 7.69. The Hall–Kier alpha value is -0.790. The first-order chi connectivity index (χ1) is 8.81. The SMILES string of the molecule is CCCCCCC(CCCC)c1cnn(CC)c1. The predicted octanol–water partition coefficient (Wildman–Crippen LogP) is 5.15. The van der Waals surface area contributed by atoms with Gasteiger partial charge in [-0.2, -0.15) is 5.10 Å². The van der Waals surface area contributed by atoms with Gasteiger partial charge < -0.3 is 0 Å². The highest BCUT2D eigenvalue weighted by molar-refractivity contribution is 5.11. The van der Waals surface area contributed by atoms with E-state index in [4.69, 9.17) is 0 Å². The lowest BCUT2D eigenvalue weighted by molar-refractivity contribution is 0.508. The van der Waals surface area contributed by atoms with Crippen molar-refractivity contribution in [2.45, 2.75) is 84.6 Å². The largest absolute Gasteiger partial charge is 0.273 e. The molecule has 0 amide bonds. The Morgan fingerprint density at radius 1 is 1.00 bits per heavy atom. The molecule has 0 spiro atoms. The second-order valence-corrected chi connectivity index (χ2v) is 5.32. The summed E-state index contributed by atoms with van der Waals surface area (Å²) in [6, 6.07) is 0. The molecule has 2 nitrogen and oxygen atoms in total. The standard InChI is InChI=1S/C16H30N2/c1-4-7-9-10-12-15(11-8-5-2)16-13-17-18(6-3)14-16/h13-15H,4-12H2,1-3H3. The Kier molecular flexibility index (Phi) is 7.79. The molecule has 0 aliphatic heterocycles. The highest BCUT2D eigenvalue weighted by Gasteiger charge is 2.12. The molecule has 2 heteroatoms. The van der Waals surface area contributed by atoms with Gasteiger partial charge in [0, 0.05) is 12.7 Å². The molecule has 1 aromatic heterocycles. The fourth-order valence-corrected chi connectivity index (χ4v) is 2.51. The van der Waals surface area contributed by atoms with Crippen LogP contribution in [0.1, 0.15) is 83.6 Å². The third-order valence-corrected chi connectivity index (χ3v) is 3.76. The molecular formula is C16H30N2. The molecule has 1 heterocycles. The fourth-order valence-electron chi connectivity index (χ4n) is 2.51. The lowest BCUT2D eigenvalue weighted by atomic mass is 9.90. The van der Waals surface area contributed by atoms with E-state index in [9.17, 15) is 0 Å². The van der Waals surface area contributed by atoms with Crippen LogP contribution in [0.2, 0.25) is 0 Å². The molecule has 0 aliphatic rings. The van der Waals surface area contributed by atoms with E-state index in [-0.39, 0.29) is 0 Å². The van der Waals surface area contributed by atoms with Crippen LogP contribution < -0.4 is 0 Å². The summed E-state index contributed by atoms with van der Waals surface area (Å²) in [5.74, 6) is 0.738. The van der Waals surface area contributed by atoms with Crippen LogP contribution in [0.5, 0.6) is 0 Å². The molecule has 0 saturated heterocycles. The van der Waals surface area contributed by atoms with E-state index in [1.165, 1.54) is 56.9 Å². The van der Waals surface area contributed by atoms with Crippen molar-refractivity contribution < 1.29 is 0 Å². The van der Waals surface area contributed by atoms with E-state index in [2.05, 4.69) is 42.9 Å². The molecule has 0 saturated carbocycles. The molecule has 1 atom stereocenters. The molecule has 0 N–H and O–H groups in total. The van der Waals surface area contributed by atoms with Crippen molar-refractivity contribution in [1.29, 1.82) is 0 Å². The van der Waals surface area contributed by atoms with Gasteiger partial charge in [0.2, 0.25) is 0 Å². The van der Waals surface area contributed by atoms with Crippen LogP contribution in [0.15, 0.2) is 12.4 Å². The fraction of sp³-hybridized carbons (Fsp3) is 0.812. The van der Waals surface area contributed by atoms with Gasteiger partial charge in [0.15, 0.2) is 0 Å². The van der Waals surface area contributed by atoms with Crippen LogP contribution in [-0.4, -0.2) is 9.78 Å². The number of hydrogen-bond acceptors (Lipinski definition) is 1. The number of nitrogens with zero attached hydrogens (tertiary/aromatic N) is 2. The van der Waals surface area contributed by atoms with E-state index in [1.54, 1.807) is 0 Å². The van der Waals surface area contributed by atoms with Crippen molar-refractivity contribution in [1.82, 2.24) is 9.78 Å². The minimum absolute atomic E-state index is 0.738. The van der Waals surface area contributed by atoms with E-state index in [1.807, 2.05) is 0 Å². The number of aryl methyl sites for hydroxylation is 1. The predicted molar refractivity (Wildman–Crippen MR) is 78.9 cm³/mol. The Bertz CT molecular complexity index is 304. The van der Waals surface area contributed by atoms with Crippen LogP contribution in [0.4, 0.5) is 0 Å².